The predicted molar refractivity (Wildman–Crippen MR) is 96.4 cm³/mol. The third kappa shape index (κ3) is 3.46. The lowest BCUT2D eigenvalue weighted by Crippen LogP contribution is -2.67. The van der Waals surface area contributed by atoms with Crippen LogP contribution in [0.25, 0.3) is 0 Å². The lowest BCUT2D eigenvalue weighted by Gasteiger charge is -2.53. The first-order valence-corrected chi connectivity index (χ1v) is 11.5. The van der Waals surface area contributed by atoms with Gasteiger partial charge in [-0.3, -0.25) is 0 Å². The van der Waals surface area contributed by atoms with Crippen LogP contribution >= 0.6 is 0 Å². The van der Waals surface area contributed by atoms with Crippen molar-refractivity contribution in [3.63, 3.8) is 0 Å². The molecule has 0 aromatic heterocycles. The lowest BCUT2D eigenvalue weighted by molar-refractivity contribution is -0.0831. The monoisotopic (exact) mass is 390 g/mol. The van der Waals surface area contributed by atoms with Gasteiger partial charge in [0.25, 0.3) is 0 Å². The summed E-state index contributed by atoms with van der Waals surface area (Å²) in [6.45, 7) is 8.62. The van der Waals surface area contributed by atoms with Crippen LogP contribution in [0.3, 0.4) is 0 Å². The quantitative estimate of drug-likeness (QED) is 0.450. The first kappa shape index (κ1) is 21.4. The van der Waals surface area contributed by atoms with Gasteiger partial charge in [-0.25, -0.2) is 13.2 Å². The van der Waals surface area contributed by atoms with Gasteiger partial charge in [-0.1, -0.05) is 19.8 Å². The van der Waals surface area contributed by atoms with E-state index in [1.165, 1.54) is 0 Å². The number of hydrogen-bond donors (Lipinski definition) is 0. The summed E-state index contributed by atoms with van der Waals surface area (Å²) < 4.78 is 61.3. The summed E-state index contributed by atoms with van der Waals surface area (Å²) in [5.41, 5.74) is 0.0263. The van der Waals surface area contributed by atoms with E-state index in [0.717, 1.165) is 18.9 Å². The van der Waals surface area contributed by atoms with Crippen molar-refractivity contribution in [2.24, 2.45) is 5.92 Å². The maximum atomic E-state index is 14.9. The fourth-order valence-corrected chi connectivity index (χ4v) is 9.12. The molecule has 26 heavy (non-hydrogen) atoms. The van der Waals surface area contributed by atoms with Crippen LogP contribution in [0.2, 0.25) is 6.04 Å². The van der Waals surface area contributed by atoms with E-state index in [1.807, 2.05) is 27.7 Å². The highest BCUT2D eigenvalue weighted by Crippen LogP contribution is 2.53. The summed E-state index contributed by atoms with van der Waals surface area (Å²) in [4.78, 5) is 0. The second kappa shape index (κ2) is 8.86. The number of halogens is 3. The van der Waals surface area contributed by atoms with Crippen LogP contribution < -0.4 is 0 Å². The predicted octanol–water partition coefficient (Wildman–Crippen LogP) is 5.21. The van der Waals surface area contributed by atoms with Gasteiger partial charge in [-0.15, -0.1) is 0 Å². The topological polar surface area (TPSA) is 27.7 Å². The first-order chi connectivity index (χ1) is 12.4. The van der Waals surface area contributed by atoms with Crippen molar-refractivity contribution < 1.29 is 26.8 Å². The van der Waals surface area contributed by atoms with Crippen molar-refractivity contribution in [3.05, 3.63) is 35.1 Å². The summed E-state index contributed by atoms with van der Waals surface area (Å²) in [7, 11) is -3.13. The standard InChI is InChI=1S/C19H29F3O3Si/c1-5-14-10-9-11-26(24-7-3,25-8-4)19(14,23-6-2)15-12-17(21)18(22)13-16(15)20/h12-14H,5-11H2,1-4H3. The van der Waals surface area contributed by atoms with E-state index in [2.05, 4.69) is 0 Å². The molecular weight excluding hydrogens is 361 g/mol. The molecule has 1 saturated heterocycles. The molecule has 0 saturated carbocycles. The molecule has 1 aliphatic rings. The molecule has 0 amide bonds. The molecule has 0 aliphatic carbocycles. The van der Waals surface area contributed by atoms with Gasteiger partial charge in [0.1, 0.15) is 11.0 Å². The molecule has 1 heterocycles. The molecular formula is C19H29F3O3Si. The zero-order valence-electron chi connectivity index (χ0n) is 16.0. The van der Waals surface area contributed by atoms with E-state index < -0.39 is 31.2 Å². The minimum atomic E-state index is -3.13. The average Bonchev–Trinajstić information content (AvgIpc) is 2.60. The third-order valence-electron chi connectivity index (χ3n) is 5.23. The Labute approximate surface area is 155 Å². The molecule has 148 valence electrons. The van der Waals surface area contributed by atoms with Crippen molar-refractivity contribution in [3.8, 4) is 0 Å². The number of ether oxygens (including phenoxy) is 1. The van der Waals surface area contributed by atoms with Crippen LogP contribution in [0.15, 0.2) is 12.1 Å². The second-order valence-corrected chi connectivity index (χ2v) is 9.86. The minimum Gasteiger partial charge on any atom is -0.393 e. The average molecular weight is 391 g/mol. The Morgan fingerprint density at radius 2 is 1.58 bits per heavy atom. The van der Waals surface area contributed by atoms with Crippen LogP contribution in [0.1, 0.15) is 52.5 Å². The maximum Gasteiger partial charge on any atom is 0.376 e. The van der Waals surface area contributed by atoms with Crippen LogP contribution in [0, 0.1) is 23.4 Å². The van der Waals surface area contributed by atoms with Gasteiger partial charge < -0.3 is 13.6 Å². The molecule has 0 spiro atoms. The van der Waals surface area contributed by atoms with E-state index in [9.17, 15) is 13.2 Å². The summed E-state index contributed by atoms with van der Waals surface area (Å²) >= 11 is 0. The van der Waals surface area contributed by atoms with Gasteiger partial charge in [0.05, 0.1) is 0 Å². The maximum absolute atomic E-state index is 14.9. The van der Waals surface area contributed by atoms with E-state index in [4.69, 9.17) is 13.6 Å². The second-order valence-electron chi connectivity index (χ2n) is 6.53. The van der Waals surface area contributed by atoms with Gasteiger partial charge in [0.15, 0.2) is 11.6 Å². The van der Waals surface area contributed by atoms with Gasteiger partial charge in [0, 0.05) is 31.5 Å². The van der Waals surface area contributed by atoms with Crippen molar-refractivity contribution in [1.29, 1.82) is 0 Å². The van der Waals surface area contributed by atoms with Gasteiger partial charge >= 0.3 is 8.56 Å². The van der Waals surface area contributed by atoms with Crippen LogP contribution in [-0.2, 0) is 18.8 Å². The molecule has 0 N–H and O–H groups in total. The van der Waals surface area contributed by atoms with Crippen LogP contribution in [0.5, 0.6) is 0 Å². The molecule has 3 nitrogen and oxygen atoms in total. The normalized spacial score (nSPS) is 25.4. The third-order valence-corrected chi connectivity index (χ3v) is 9.70. The highest BCUT2D eigenvalue weighted by molar-refractivity contribution is 6.70. The largest absolute Gasteiger partial charge is 0.393 e. The van der Waals surface area contributed by atoms with E-state index in [-0.39, 0.29) is 11.5 Å². The molecule has 0 radical (unpaired) electrons. The Morgan fingerprint density at radius 3 is 2.12 bits per heavy atom. The highest BCUT2D eigenvalue weighted by atomic mass is 28.4. The van der Waals surface area contributed by atoms with Crippen molar-refractivity contribution >= 4 is 8.56 Å². The molecule has 2 rings (SSSR count). The lowest BCUT2D eigenvalue weighted by atomic mass is 9.87. The van der Waals surface area contributed by atoms with Crippen LogP contribution in [0.4, 0.5) is 13.2 Å². The van der Waals surface area contributed by atoms with Gasteiger partial charge in [-0.2, -0.15) is 0 Å². The van der Waals surface area contributed by atoms with E-state index in [0.29, 0.717) is 38.4 Å². The zero-order chi connectivity index (χ0) is 19.4. The van der Waals surface area contributed by atoms with Crippen molar-refractivity contribution in [1.82, 2.24) is 0 Å². The molecule has 0 bridgehead atoms. The first-order valence-electron chi connectivity index (χ1n) is 9.49. The van der Waals surface area contributed by atoms with E-state index >= 15 is 0 Å². The van der Waals surface area contributed by atoms with Gasteiger partial charge in [0.2, 0.25) is 0 Å². The molecule has 1 aliphatic heterocycles. The fraction of sp³-hybridized carbons (Fsp3) is 0.684. The van der Waals surface area contributed by atoms with Crippen LogP contribution in [-0.4, -0.2) is 28.4 Å². The summed E-state index contributed by atoms with van der Waals surface area (Å²) in [6.07, 6.45) is 2.38. The molecule has 2 unspecified atom stereocenters. The Bertz CT molecular complexity index is 602. The van der Waals surface area contributed by atoms with Crippen molar-refractivity contribution in [2.45, 2.75) is 58.2 Å². The Hall–Kier alpha value is -0.893. The summed E-state index contributed by atoms with van der Waals surface area (Å²) in [5.74, 6) is -3.20. The Kier molecular flexibility index (Phi) is 7.30. The number of benzene rings is 1. The molecule has 1 aromatic rings. The summed E-state index contributed by atoms with van der Waals surface area (Å²) in [5, 5.41) is -1.21. The number of rotatable bonds is 8. The molecule has 1 fully saturated rings. The SMILES string of the molecule is CCOC1(c2cc(F)c(F)cc2F)C(CC)CCC[Si]1(OCC)OCC. The molecule has 1 aromatic carbocycles. The minimum absolute atomic E-state index is 0.0263. The molecule has 2 atom stereocenters. The molecule has 7 heteroatoms. The zero-order valence-corrected chi connectivity index (χ0v) is 17.0. The van der Waals surface area contributed by atoms with Crippen molar-refractivity contribution in [2.75, 3.05) is 19.8 Å². The van der Waals surface area contributed by atoms with E-state index in [1.54, 1.807) is 0 Å². The Morgan fingerprint density at radius 1 is 0.962 bits per heavy atom. The summed E-state index contributed by atoms with van der Waals surface area (Å²) in [6, 6.07) is 2.17. The number of hydrogen-bond acceptors (Lipinski definition) is 3. The van der Waals surface area contributed by atoms with Gasteiger partial charge in [-0.05, 0) is 45.2 Å². The highest BCUT2D eigenvalue weighted by Gasteiger charge is 2.65. The Balaban J connectivity index is 2.80. The fourth-order valence-electron chi connectivity index (χ4n) is 4.40. The smallest absolute Gasteiger partial charge is 0.376 e.